The molecule has 0 bridgehead atoms. The van der Waals surface area contributed by atoms with Crippen molar-refractivity contribution in [1.82, 2.24) is 20.1 Å². The fourth-order valence-electron chi connectivity index (χ4n) is 3.81. The van der Waals surface area contributed by atoms with Crippen molar-refractivity contribution < 1.29 is 18.7 Å². The van der Waals surface area contributed by atoms with Gasteiger partial charge in [-0.15, -0.1) is 0 Å². The maximum Gasteiger partial charge on any atom is 0.324 e. The zero-order chi connectivity index (χ0) is 29.7. The van der Waals surface area contributed by atoms with Crippen LogP contribution in [0.1, 0.15) is 44.6 Å². The van der Waals surface area contributed by atoms with Crippen LogP contribution in [0, 0.1) is 12.7 Å². The van der Waals surface area contributed by atoms with Crippen LogP contribution in [0.2, 0.25) is 0 Å². The van der Waals surface area contributed by atoms with Gasteiger partial charge in [0.25, 0.3) is 0 Å². The Morgan fingerprint density at radius 1 is 1.02 bits per heavy atom. The van der Waals surface area contributed by atoms with Crippen LogP contribution in [0.25, 0.3) is 5.69 Å². The Kier molecular flexibility index (Phi) is 8.68. The van der Waals surface area contributed by atoms with E-state index < -0.39 is 23.8 Å². The van der Waals surface area contributed by atoms with Gasteiger partial charge in [-0.3, -0.25) is 15.1 Å². The Morgan fingerprint density at radius 2 is 1.73 bits per heavy atom. The summed E-state index contributed by atoms with van der Waals surface area (Å²) < 4.78 is 22.2. The van der Waals surface area contributed by atoms with E-state index in [2.05, 4.69) is 20.9 Å². The Balaban J connectivity index is 1.49. The largest absolute Gasteiger partial charge is 0.457 e. The van der Waals surface area contributed by atoms with Gasteiger partial charge in [0.2, 0.25) is 5.91 Å². The van der Waals surface area contributed by atoms with Gasteiger partial charge in [0.05, 0.1) is 23.1 Å². The Morgan fingerprint density at radius 3 is 2.37 bits per heavy atom. The summed E-state index contributed by atoms with van der Waals surface area (Å²) in [5, 5.41) is 13.1. The molecule has 1 atom stereocenters. The number of hydrogen-bond donors (Lipinski definition) is 4. The molecule has 0 saturated carbocycles. The number of primary amides is 1. The lowest BCUT2D eigenvalue weighted by molar-refractivity contribution is -0.119. The number of aromatic nitrogens is 3. The number of nitrogens with two attached hydrogens (primary N) is 1. The van der Waals surface area contributed by atoms with Gasteiger partial charge in [0, 0.05) is 42.0 Å². The lowest BCUT2D eigenvalue weighted by atomic mass is 9.92. The second-order valence-electron chi connectivity index (χ2n) is 10.7. The molecule has 0 radical (unpaired) electrons. The summed E-state index contributed by atoms with van der Waals surface area (Å²) in [7, 11) is 0. The number of anilines is 2. The fraction of sp³-hybridized carbons (Fsp3) is 0.267. The average Bonchev–Trinajstić information content (AvgIpc) is 3.33. The van der Waals surface area contributed by atoms with E-state index in [1.54, 1.807) is 42.1 Å². The summed E-state index contributed by atoms with van der Waals surface area (Å²) in [6.45, 7) is 10.0. The molecule has 11 heteroatoms. The van der Waals surface area contributed by atoms with Crippen LogP contribution in [-0.2, 0) is 16.8 Å². The third kappa shape index (κ3) is 7.67. The van der Waals surface area contributed by atoms with Crippen molar-refractivity contribution in [1.29, 1.82) is 0 Å². The third-order valence-electron chi connectivity index (χ3n) is 6.23. The van der Waals surface area contributed by atoms with E-state index in [1.807, 2.05) is 52.0 Å². The van der Waals surface area contributed by atoms with E-state index in [4.69, 9.17) is 15.6 Å². The lowest BCUT2D eigenvalue weighted by Crippen LogP contribution is -2.38. The third-order valence-corrected chi connectivity index (χ3v) is 6.23. The Labute approximate surface area is 238 Å². The molecule has 4 rings (SSSR count). The number of carbonyl (C=O) groups excluding carboxylic acids is 2. The zero-order valence-electron chi connectivity index (χ0n) is 23.7. The maximum atomic E-state index is 14.8. The van der Waals surface area contributed by atoms with E-state index in [-0.39, 0.29) is 16.9 Å². The molecular formula is C30H34FN7O3. The quantitative estimate of drug-likeness (QED) is 0.216. The molecular weight excluding hydrogens is 525 g/mol. The molecule has 0 unspecified atom stereocenters. The van der Waals surface area contributed by atoms with Crippen LogP contribution in [-0.4, -0.2) is 32.7 Å². The van der Waals surface area contributed by atoms with Gasteiger partial charge in [-0.05, 0) is 49.7 Å². The molecule has 5 N–H and O–H groups in total. The van der Waals surface area contributed by atoms with Crippen LogP contribution < -0.4 is 26.4 Å². The standard InChI is InChI=1S/C30H34FN7O3/c1-18-14-23(12-13-33-18)41-22-10-11-25(24(31)15-22)35-29(40)36-27-16-26(30(3,4)5)37-38(27)21-8-6-20(7-9-21)17-34-19(2)28(32)39/h6-16,19,34H,17H2,1-5H3,(H2,32,39)(H2,35,36,40)/t19-/m0/s1. The number of halogens is 1. The van der Waals surface area contributed by atoms with Gasteiger partial charge in [-0.25, -0.2) is 13.9 Å². The number of hydrogen-bond acceptors (Lipinski definition) is 6. The first-order chi connectivity index (χ1) is 19.4. The molecule has 0 aliphatic carbocycles. The molecule has 0 aliphatic rings. The van der Waals surface area contributed by atoms with Gasteiger partial charge in [0.15, 0.2) is 0 Å². The first-order valence-corrected chi connectivity index (χ1v) is 13.1. The summed E-state index contributed by atoms with van der Waals surface area (Å²) in [4.78, 5) is 28.3. The minimum Gasteiger partial charge on any atom is -0.457 e. The number of carbonyl (C=O) groups is 2. The SMILES string of the molecule is Cc1cc(Oc2ccc(NC(=O)Nc3cc(C(C)(C)C)nn3-c3ccc(CN[C@@H](C)C(N)=O)cc3)c(F)c2)ccn1. The molecule has 3 amide bonds. The number of pyridine rings is 1. The minimum absolute atomic E-state index is 0.00934. The van der Waals surface area contributed by atoms with E-state index in [0.717, 1.165) is 17.0 Å². The summed E-state index contributed by atoms with van der Waals surface area (Å²) in [6.07, 6.45) is 1.61. The zero-order valence-corrected chi connectivity index (χ0v) is 23.7. The van der Waals surface area contributed by atoms with Gasteiger partial charge in [-0.2, -0.15) is 5.10 Å². The monoisotopic (exact) mass is 559 g/mol. The second-order valence-corrected chi connectivity index (χ2v) is 10.7. The van der Waals surface area contributed by atoms with Gasteiger partial charge in [0.1, 0.15) is 23.1 Å². The number of amides is 3. The van der Waals surface area contributed by atoms with E-state index >= 15 is 0 Å². The molecule has 2 aromatic carbocycles. The molecule has 0 aliphatic heterocycles. The number of urea groups is 1. The highest BCUT2D eigenvalue weighted by Gasteiger charge is 2.22. The summed E-state index contributed by atoms with van der Waals surface area (Å²) in [5.41, 5.74) is 8.19. The Bertz CT molecular complexity index is 1540. The molecule has 2 aromatic heterocycles. The summed E-state index contributed by atoms with van der Waals surface area (Å²) >= 11 is 0. The molecule has 0 fully saturated rings. The fourth-order valence-corrected chi connectivity index (χ4v) is 3.81. The number of benzene rings is 2. The number of aryl methyl sites for hydroxylation is 1. The van der Waals surface area contributed by atoms with Crippen molar-refractivity contribution in [3.63, 3.8) is 0 Å². The summed E-state index contributed by atoms with van der Waals surface area (Å²) in [6, 6.07) is 15.8. The van der Waals surface area contributed by atoms with Crippen molar-refractivity contribution >= 4 is 23.4 Å². The number of nitrogens with zero attached hydrogens (tertiary/aromatic N) is 3. The van der Waals surface area contributed by atoms with Crippen LogP contribution in [0.15, 0.2) is 66.9 Å². The Hall–Kier alpha value is -4.77. The summed E-state index contributed by atoms with van der Waals surface area (Å²) in [5.74, 6) is 0.153. The van der Waals surface area contributed by atoms with E-state index in [0.29, 0.717) is 23.8 Å². The normalized spacial score (nSPS) is 12.0. The topological polar surface area (TPSA) is 136 Å². The first kappa shape index (κ1) is 29.2. The van der Waals surface area contributed by atoms with Crippen LogP contribution in [0.3, 0.4) is 0 Å². The van der Waals surface area contributed by atoms with Gasteiger partial charge in [-0.1, -0.05) is 32.9 Å². The first-order valence-electron chi connectivity index (χ1n) is 13.1. The van der Waals surface area contributed by atoms with Gasteiger partial charge < -0.3 is 21.1 Å². The van der Waals surface area contributed by atoms with E-state index in [1.165, 1.54) is 12.1 Å². The van der Waals surface area contributed by atoms with Crippen LogP contribution >= 0.6 is 0 Å². The second kappa shape index (κ2) is 12.2. The maximum absolute atomic E-state index is 14.8. The average molecular weight is 560 g/mol. The molecule has 4 aromatic rings. The van der Waals surface area contributed by atoms with Gasteiger partial charge >= 0.3 is 6.03 Å². The van der Waals surface area contributed by atoms with Crippen LogP contribution in [0.4, 0.5) is 20.7 Å². The van der Waals surface area contributed by atoms with E-state index in [9.17, 15) is 14.0 Å². The molecule has 10 nitrogen and oxygen atoms in total. The smallest absolute Gasteiger partial charge is 0.324 e. The van der Waals surface area contributed by atoms with Crippen molar-refractivity contribution in [2.24, 2.45) is 5.73 Å². The predicted octanol–water partition coefficient (Wildman–Crippen LogP) is 5.41. The number of nitrogens with one attached hydrogen (secondary N) is 3. The molecule has 0 spiro atoms. The van der Waals surface area contributed by atoms with Crippen molar-refractivity contribution in [3.8, 4) is 17.2 Å². The van der Waals surface area contributed by atoms with Crippen molar-refractivity contribution in [3.05, 3.63) is 89.6 Å². The van der Waals surface area contributed by atoms with Crippen molar-refractivity contribution in [2.75, 3.05) is 10.6 Å². The highest BCUT2D eigenvalue weighted by atomic mass is 19.1. The highest BCUT2D eigenvalue weighted by Crippen LogP contribution is 2.28. The molecule has 41 heavy (non-hydrogen) atoms. The van der Waals surface area contributed by atoms with Crippen LogP contribution in [0.5, 0.6) is 11.5 Å². The lowest BCUT2D eigenvalue weighted by Gasteiger charge is -2.14. The number of rotatable bonds is 9. The minimum atomic E-state index is -0.651. The van der Waals surface area contributed by atoms with Crippen molar-refractivity contribution in [2.45, 2.75) is 52.6 Å². The molecule has 214 valence electrons. The predicted molar refractivity (Wildman–Crippen MR) is 156 cm³/mol. The molecule has 2 heterocycles. The number of ether oxygens (including phenoxy) is 1. The highest BCUT2D eigenvalue weighted by molar-refractivity contribution is 5.99. The molecule has 0 saturated heterocycles.